The zero-order valence-corrected chi connectivity index (χ0v) is 16.9. The van der Waals surface area contributed by atoms with E-state index in [1.54, 1.807) is 12.4 Å². The normalized spacial score (nSPS) is 22.1. The molecule has 0 radical (unpaired) electrons. The number of aromatic nitrogens is 2. The first-order chi connectivity index (χ1) is 13.1. The van der Waals surface area contributed by atoms with Gasteiger partial charge in [0.15, 0.2) is 0 Å². The fourth-order valence-corrected chi connectivity index (χ4v) is 5.01. The zero-order chi connectivity index (χ0) is 18.8. The second-order valence-electron chi connectivity index (χ2n) is 6.38. The summed E-state index contributed by atoms with van der Waals surface area (Å²) in [5.74, 6) is 0.133. The molecule has 1 amide bonds. The van der Waals surface area contributed by atoms with Crippen LogP contribution in [0.5, 0.6) is 0 Å². The van der Waals surface area contributed by atoms with E-state index >= 15 is 0 Å². The van der Waals surface area contributed by atoms with Crippen molar-refractivity contribution in [2.45, 2.75) is 25.6 Å². The molecule has 0 spiro atoms. The Hall–Kier alpha value is -1.84. The van der Waals surface area contributed by atoms with Crippen LogP contribution in [0.25, 0.3) is 9.88 Å². The topological polar surface area (TPSA) is 78.9 Å². The van der Waals surface area contributed by atoms with Crippen LogP contribution in [0, 0.1) is 5.92 Å². The predicted octanol–water partition coefficient (Wildman–Crippen LogP) is 3.39. The molecule has 6 nitrogen and oxygen atoms in total. The van der Waals surface area contributed by atoms with Crippen molar-refractivity contribution in [2.24, 2.45) is 5.92 Å². The number of hydrogen-bond acceptors (Lipinski definition) is 7. The number of nitrogens with one attached hydrogen (secondary N) is 3. The second kappa shape index (κ2) is 8.04. The summed E-state index contributed by atoms with van der Waals surface area (Å²) in [5, 5.41) is 5.86. The van der Waals surface area contributed by atoms with Gasteiger partial charge in [0.25, 0.3) is 0 Å². The fraction of sp³-hybridized carbons (Fsp3) is 0.278. The van der Waals surface area contributed by atoms with Crippen LogP contribution in [-0.4, -0.2) is 22.0 Å². The van der Waals surface area contributed by atoms with Crippen LogP contribution in [0.4, 0.5) is 0 Å². The molecule has 27 heavy (non-hydrogen) atoms. The van der Waals surface area contributed by atoms with Gasteiger partial charge in [-0.2, -0.15) is 0 Å². The van der Waals surface area contributed by atoms with Crippen molar-refractivity contribution < 1.29 is 4.79 Å². The Balaban J connectivity index is 1.35. The summed E-state index contributed by atoms with van der Waals surface area (Å²) >= 11 is 8.99. The minimum atomic E-state index is -0.148. The van der Waals surface area contributed by atoms with E-state index in [1.165, 1.54) is 22.7 Å². The lowest BCUT2D eigenvalue weighted by molar-refractivity contribution is -0.121. The molecule has 0 bridgehead atoms. The molecule has 0 saturated carbocycles. The molecule has 1 saturated heterocycles. The second-order valence-corrected chi connectivity index (χ2v) is 8.95. The van der Waals surface area contributed by atoms with Crippen molar-refractivity contribution in [1.29, 1.82) is 0 Å². The number of hydrogen-bond donors (Lipinski definition) is 3. The summed E-state index contributed by atoms with van der Waals surface area (Å²) in [6.07, 6.45) is 3.65. The monoisotopic (exact) mass is 419 g/mol. The average Bonchev–Trinajstić information content (AvgIpc) is 3.38. The van der Waals surface area contributed by atoms with E-state index in [4.69, 9.17) is 11.6 Å². The lowest BCUT2D eigenvalue weighted by atomic mass is 9.95. The number of thiophene rings is 1. The molecular formula is C18H18ClN5OS2. The molecule has 9 heteroatoms. The molecule has 1 aliphatic rings. The highest BCUT2D eigenvalue weighted by atomic mass is 35.5. The van der Waals surface area contributed by atoms with Gasteiger partial charge in [-0.15, -0.1) is 22.7 Å². The lowest BCUT2D eigenvalue weighted by Crippen LogP contribution is -2.46. The van der Waals surface area contributed by atoms with E-state index in [9.17, 15) is 4.79 Å². The molecule has 1 fully saturated rings. The van der Waals surface area contributed by atoms with Crippen LogP contribution in [0.15, 0.2) is 42.0 Å². The highest BCUT2D eigenvalue weighted by Gasteiger charge is 2.34. The highest BCUT2D eigenvalue weighted by Crippen LogP contribution is 2.33. The molecular weight excluding hydrogens is 402 g/mol. The number of pyridine rings is 1. The predicted molar refractivity (Wildman–Crippen MR) is 108 cm³/mol. The maximum atomic E-state index is 12.5. The van der Waals surface area contributed by atoms with E-state index in [-0.39, 0.29) is 30.5 Å². The molecule has 0 aliphatic carbocycles. The van der Waals surface area contributed by atoms with E-state index in [1.807, 2.05) is 29.6 Å². The molecule has 3 unspecified atom stereocenters. The Morgan fingerprint density at radius 3 is 2.81 bits per heavy atom. The number of halogens is 1. The van der Waals surface area contributed by atoms with Gasteiger partial charge in [-0.05, 0) is 29.8 Å². The number of nitrogens with zero attached hydrogens (tertiary/aromatic N) is 2. The first-order valence-electron chi connectivity index (χ1n) is 8.50. The number of hydrazine groups is 1. The molecule has 3 N–H and O–H groups in total. The molecule has 4 heterocycles. The summed E-state index contributed by atoms with van der Waals surface area (Å²) in [4.78, 5) is 22.1. The Morgan fingerprint density at radius 1 is 1.26 bits per heavy atom. The molecule has 0 aromatic carbocycles. The first kappa shape index (κ1) is 18.5. The molecule has 3 atom stereocenters. The number of carbonyl (C=O) groups excluding carboxylic acids is 1. The minimum Gasteiger partial charge on any atom is -0.339 e. The smallest absolute Gasteiger partial charge is 0.227 e. The molecule has 140 valence electrons. The van der Waals surface area contributed by atoms with Crippen LogP contribution in [-0.2, 0) is 11.2 Å². The SMILES string of the molecule is CC1C(NC(=O)Cc2csc(-c3ccc(Cl)s3)n2)NNC1c1ccncc1. The van der Waals surface area contributed by atoms with Gasteiger partial charge in [-0.3, -0.25) is 9.78 Å². The first-order valence-corrected chi connectivity index (χ1v) is 10.6. The maximum Gasteiger partial charge on any atom is 0.227 e. The molecule has 4 rings (SSSR count). The molecule has 3 aromatic heterocycles. The Labute approximate surface area is 170 Å². The van der Waals surface area contributed by atoms with Crippen LogP contribution in [0.3, 0.4) is 0 Å². The Morgan fingerprint density at radius 2 is 2.07 bits per heavy atom. The van der Waals surface area contributed by atoms with Crippen molar-refractivity contribution in [3.63, 3.8) is 0 Å². The number of carbonyl (C=O) groups is 1. The summed E-state index contributed by atoms with van der Waals surface area (Å²) in [7, 11) is 0. The summed E-state index contributed by atoms with van der Waals surface area (Å²) in [5.41, 5.74) is 8.33. The van der Waals surface area contributed by atoms with Crippen LogP contribution >= 0.6 is 34.3 Å². The summed E-state index contributed by atoms with van der Waals surface area (Å²) < 4.78 is 0.733. The largest absolute Gasteiger partial charge is 0.339 e. The molecule has 1 aliphatic heterocycles. The van der Waals surface area contributed by atoms with Gasteiger partial charge in [0.1, 0.15) is 5.01 Å². The standard InChI is InChI=1S/C18H18ClN5OS2/c1-10-16(11-4-6-20-7-5-11)23-24-17(10)22-15(25)8-12-9-26-18(21-12)13-2-3-14(19)27-13/h2-7,9-10,16-17,23-24H,8H2,1H3,(H,22,25). The third kappa shape index (κ3) is 4.20. The van der Waals surface area contributed by atoms with E-state index in [0.29, 0.717) is 0 Å². The third-order valence-electron chi connectivity index (χ3n) is 4.51. The van der Waals surface area contributed by atoms with Crippen LogP contribution in [0.1, 0.15) is 24.2 Å². The third-order valence-corrected chi connectivity index (χ3v) is 6.80. The number of amides is 1. The van der Waals surface area contributed by atoms with Gasteiger partial charge in [0.2, 0.25) is 5.91 Å². The van der Waals surface area contributed by atoms with Crippen molar-refractivity contribution in [3.05, 3.63) is 57.6 Å². The fourth-order valence-electron chi connectivity index (χ4n) is 3.08. The number of rotatable bonds is 5. The number of thiazole rings is 1. The lowest BCUT2D eigenvalue weighted by Gasteiger charge is -2.19. The van der Waals surface area contributed by atoms with Crippen LogP contribution in [0.2, 0.25) is 4.34 Å². The van der Waals surface area contributed by atoms with Crippen molar-refractivity contribution in [3.8, 4) is 9.88 Å². The highest BCUT2D eigenvalue weighted by molar-refractivity contribution is 7.23. The van der Waals surface area contributed by atoms with E-state index < -0.39 is 0 Å². The zero-order valence-electron chi connectivity index (χ0n) is 14.5. The Bertz CT molecular complexity index is 929. The van der Waals surface area contributed by atoms with Crippen molar-refractivity contribution >= 4 is 40.2 Å². The van der Waals surface area contributed by atoms with E-state index in [0.717, 1.165) is 25.5 Å². The average molecular weight is 420 g/mol. The van der Waals surface area contributed by atoms with Gasteiger partial charge in [0.05, 0.1) is 33.5 Å². The van der Waals surface area contributed by atoms with E-state index in [2.05, 4.69) is 33.1 Å². The van der Waals surface area contributed by atoms with Gasteiger partial charge in [-0.25, -0.2) is 15.8 Å². The van der Waals surface area contributed by atoms with Gasteiger partial charge in [0, 0.05) is 23.7 Å². The summed E-state index contributed by atoms with van der Waals surface area (Å²) in [6, 6.07) is 7.88. The Kier molecular flexibility index (Phi) is 5.51. The van der Waals surface area contributed by atoms with Crippen LogP contribution < -0.4 is 16.2 Å². The van der Waals surface area contributed by atoms with Crippen molar-refractivity contribution in [1.82, 2.24) is 26.1 Å². The van der Waals surface area contributed by atoms with Gasteiger partial charge < -0.3 is 5.32 Å². The van der Waals surface area contributed by atoms with Crippen molar-refractivity contribution in [2.75, 3.05) is 0 Å². The maximum absolute atomic E-state index is 12.5. The van der Waals surface area contributed by atoms with Gasteiger partial charge >= 0.3 is 0 Å². The molecule has 3 aromatic rings. The minimum absolute atomic E-state index is 0.0578. The quantitative estimate of drug-likeness (QED) is 0.590. The summed E-state index contributed by atoms with van der Waals surface area (Å²) in [6.45, 7) is 2.10. The van der Waals surface area contributed by atoms with Gasteiger partial charge in [-0.1, -0.05) is 18.5 Å².